The summed E-state index contributed by atoms with van der Waals surface area (Å²) in [5.74, 6) is 0. The number of likely N-dealkylation sites (N-methyl/N-ethyl adjacent to an activating group) is 1. The van der Waals surface area contributed by atoms with Gasteiger partial charge in [-0.2, -0.15) is 0 Å². The van der Waals surface area contributed by atoms with Gasteiger partial charge in [0.1, 0.15) is 0 Å². The predicted octanol–water partition coefficient (Wildman–Crippen LogP) is 2.73. The van der Waals surface area contributed by atoms with E-state index in [1.54, 1.807) is 24.9 Å². The average molecular weight is 253 g/mol. The first kappa shape index (κ1) is 11.9. The van der Waals surface area contributed by atoms with E-state index in [1.807, 2.05) is 19.2 Å². The van der Waals surface area contributed by atoms with E-state index in [2.05, 4.69) is 27.4 Å². The molecule has 4 heteroatoms. The van der Waals surface area contributed by atoms with Gasteiger partial charge in [0.25, 0.3) is 0 Å². The average Bonchev–Trinajstić information content (AvgIpc) is 2.97. The molecule has 0 saturated carbocycles. The summed E-state index contributed by atoms with van der Waals surface area (Å²) in [6, 6.07) is 8.42. The molecule has 0 amide bonds. The van der Waals surface area contributed by atoms with Gasteiger partial charge in [-0.05, 0) is 42.8 Å². The number of benzene rings is 1. The molecule has 0 aliphatic carbocycles. The second-order valence-corrected chi connectivity index (χ2v) is 4.48. The van der Waals surface area contributed by atoms with Crippen molar-refractivity contribution >= 4 is 11.0 Å². The van der Waals surface area contributed by atoms with E-state index >= 15 is 0 Å². The van der Waals surface area contributed by atoms with Crippen molar-refractivity contribution in [2.45, 2.75) is 12.5 Å². The SMILES string of the molecule is CNC(Cc1ccoc1)c1ccc2nccnc2c1. The van der Waals surface area contributed by atoms with Gasteiger partial charge in [-0.15, -0.1) is 0 Å². The van der Waals surface area contributed by atoms with Crippen LogP contribution < -0.4 is 5.32 Å². The second-order valence-electron chi connectivity index (χ2n) is 4.48. The van der Waals surface area contributed by atoms with Gasteiger partial charge < -0.3 is 9.73 Å². The molecule has 1 N–H and O–H groups in total. The molecule has 1 atom stereocenters. The molecule has 0 bridgehead atoms. The molecule has 0 fully saturated rings. The predicted molar refractivity (Wildman–Crippen MR) is 73.8 cm³/mol. The molecule has 3 rings (SSSR count). The zero-order valence-corrected chi connectivity index (χ0v) is 10.7. The van der Waals surface area contributed by atoms with Crippen molar-refractivity contribution < 1.29 is 4.42 Å². The van der Waals surface area contributed by atoms with Gasteiger partial charge in [-0.1, -0.05) is 6.07 Å². The van der Waals surface area contributed by atoms with Crippen LogP contribution in [0.15, 0.2) is 53.6 Å². The molecule has 0 radical (unpaired) electrons. The zero-order valence-electron chi connectivity index (χ0n) is 10.7. The topological polar surface area (TPSA) is 51.0 Å². The molecule has 2 aromatic heterocycles. The highest BCUT2D eigenvalue weighted by molar-refractivity contribution is 5.74. The van der Waals surface area contributed by atoms with Crippen LogP contribution in [0, 0.1) is 0 Å². The van der Waals surface area contributed by atoms with Gasteiger partial charge in [0.05, 0.1) is 23.6 Å². The van der Waals surface area contributed by atoms with Crippen LogP contribution in [-0.4, -0.2) is 17.0 Å². The number of aromatic nitrogens is 2. The Morgan fingerprint density at radius 1 is 1.16 bits per heavy atom. The summed E-state index contributed by atoms with van der Waals surface area (Å²) in [6.45, 7) is 0. The fraction of sp³-hybridized carbons (Fsp3) is 0.200. The first-order valence-electron chi connectivity index (χ1n) is 6.26. The highest BCUT2D eigenvalue weighted by Crippen LogP contribution is 2.21. The maximum Gasteiger partial charge on any atom is 0.0935 e. The Balaban J connectivity index is 1.92. The lowest BCUT2D eigenvalue weighted by Gasteiger charge is -2.16. The highest BCUT2D eigenvalue weighted by Gasteiger charge is 2.11. The van der Waals surface area contributed by atoms with Crippen molar-refractivity contribution in [3.63, 3.8) is 0 Å². The van der Waals surface area contributed by atoms with Crippen molar-refractivity contribution in [1.29, 1.82) is 0 Å². The molecule has 0 aliphatic heterocycles. The Morgan fingerprint density at radius 3 is 2.74 bits per heavy atom. The van der Waals surface area contributed by atoms with Crippen molar-refractivity contribution in [1.82, 2.24) is 15.3 Å². The van der Waals surface area contributed by atoms with E-state index < -0.39 is 0 Å². The fourth-order valence-corrected chi connectivity index (χ4v) is 2.23. The molecule has 3 aromatic rings. The lowest BCUT2D eigenvalue weighted by molar-refractivity contribution is 0.552. The summed E-state index contributed by atoms with van der Waals surface area (Å²) in [7, 11) is 1.96. The minimum absolute atomic E-state index is 0.240. The van der Waals surface area contributed by atoms with Gasteiger partial charge in [0.15, 0.2) is 0 Å². The fourth-order valence-electron chi connectivity index (χ4n) is 2.23. The normalized spacial score (nSPS) is 12.7. The minimum atomic E-state index is 0.240. The number of furan rings is 1. The highest BCUT2D eigenvalue weighted by atomic mass is 16.3. The van der Waals surface area contributed by atoms with E-state index in [9.17, 15) is 0 Å². The largest absolute Gasteiger partial charge is 0.472 e. The standard InChI is InChI=1S/C15H15N3O/c1-16-14(8-11-4-7-19-10-11)12-2-3-13-15(9-12)18-6-5-17-13/h2-7,9-10,14,16H,8H2,1H3. The van der Waals surface area contributed by atoms with E-state index in [1.165, 1.54) is 11.1 Å². The van der Waals surface area contributed by atoms with Crippen LogP contribution in [0.5, 0.6) is 0 Å². The van der Waals surface area contributed by atoms with Gasteiger partial charge in [0, 0.05) is 18.4 Å². The third-order valence-electron chi connectivity index (χ3n) is 3.26. The minimum Gasteiger partial charge on any atom is -0.472 e. The smallest absolute Gasteiger partial charge is 0.0935 e. The van der Waals surface area contributed by atoms with Crippen LogP contribution in [0.2, 0.25) is 0 Å². The first-order valence-corrected chi connectivity index (χ1v) is 6.26. The van der Waals surface area contributed by atoms with Gasteiger partial charge >= 0.3 is 0 Å². The number of hydrogen-bond acceptors (Lipinski definition) is 4. The summed E-state index contributed by atoms with van der Waals surface area (Å²) in [6.07, 6.45) is 7.80. The summed E-state index contributed by atoms with van der Waals surface area (Å²) >= 11 is 0. The van der Waals surface area contributed by atoms with Gasteiger partial charge in [-0.3, -0.25) is 9.97 Å². The lowest BCUT2D eigenvalue weighted by Crippen LogP contribution is -2.18. The summed E-state index contributed by atoms with van der Waals surface area (Å²) in [5.41, 5.74) is 4.23. The molecule has 4 nitrogen and oxygen atoms in total. The summed E-state index contributed by atoms with van der Waals surface area (Å²) in [5, 5.41) is 3.33. The maximum absolute atomic E-state index is 5.12. The number of rotatable bonds is 4. The Hall–Kier alpha value is -2.20. The molecule has 1 unspecified atom stereocenters. The number of fused-ring (bicyclic) bond motifs is 1. The van der Waals surface area contributed by atoms with E-state index in [0.717, 1.165) is 17.5 Å². The molecule has 96 valence electrons. The summed E-state index contributed by atoms with van der Waals surface area (Å²) < 4.78 is 5.12. The van der Waals surface area contributed by atoms with Gasteiger partial charge in [-0.25, -0.2) is 0 Å². The molecule has 19 heavy (non-hydrogen) atoms. The maximum atomic E-state index is 5.12. The van der Waals surface area contributed by atoms with E-state index in [4.69, 9.17) is 4.42 Å². The van der Waals surface area contributed by atoms with Crippen LogP contribution >= 0.6 is 0 Å². The number of nitrogens with one attached hydrogen (secondary N) is 1. The zero-order chi connectivity index (χ0) is 13.1. The van der Waals surface area contributed by atoms with Gasteiger partial charge in [0.2, 0.25) is 0 Å². The molecule has 0 spiro atoms. The van der Waals surface area contributed by atoms with Crippen molar-refractivity contribution in [3.05, 3.63) is 60.3 Å². The van der Waals surface area contributed by atoms with Crippen molar-refractivity contribution in [2.24, 2.45) is 0 Å². The van der Waals surface area contributed by atoms with E-state index in [0.29, 0.717) is 0 Å². The van der Waals surface area contributed by atoms with Crippen LogP contribution in [0.25, 0.3) is 11.0 Å². The molecule has 1 aromatic carbocycles. The Bertz CT molecular complexity index is 664. The number of nitrogens with zero attached hydrogens (tertiary/aromatic N) is 2. The molecule has 0 saturated heterocycles. The first-order chi connectivity index (χ1) is 9.36. The lowest BCUT2D eigenvalue weighted by atomic mass is 10.00. The molecular formula is C15H15N3O. The third-order valence-corrected chi connectivity index (χ3v) is 3.26. The van der Waals surface area contributed by atoms with Crippen LogP contribution in [0.3, 0.4) is 0 Å². The number of hydrogen-bond donors (Lipinski definition) is 1. The van der Waals surface area contributed by atoms with Crippen molar-refractivity contribution in [3.8, 4) is 0 Å². The quantitative estimate of drug-likeness (QED) is 0.776. The van der Waals surface area contributed by atoms with E-state index in [-0.39, 0.29) is 6.04 Å². The van der Waals surface area contributed by atoms with Crippen molar-refractivity contribution in [2.75, 3.05) is 7.05 Å². The van der Waals surface area contributed by atoms with Crippen LogP contribution in [0.1, 0.15) is 17.2 Å². The Labute approximate surface area is 111 Å². The second kappa shape index (κ2) is 5.20. The summed E-state index contributed by atoms with van der Waals surface area (Å²) in [4.78, 5) is 8.63. The molecular weight excluding hydrogens is 238 g/mol. The third kappa shape index (κ3) is 2.48. The molecule has 0 aliphatic rings. The monoisotopic (exact) mass is 253 g/mol. The molecule has 2 heterocycles. The van der Waals surface area contributed by atoms with Crippen LogP contribution in [-0.2, 0) is 6.42 Å². The Kier molecular flexibility index (Phi) is 3.25. The Morgan fingerprint density at radius 2 is 2.00 bits per heavy atom. The van der Waals surface area contributed by atoms with Crippen LogP contribution in [0.4, 0.5) is 0 Å².